The molecule has 1 saturated carbocycles. The fraction of sp³-hybridized carbons (Fsp3) is 0.800. The van der Waals surface area contributed by atoms with Crippen molar-refractivity contribution in [2.24, 2.45) is 0 Å². The van der Waals surface area contributed by atoms with Gasteiger partial charge in [-0.25, -0.2) is 4.98 Å². The van der Waals surface area contributed by atoms with Gasteiger partial charge < -0.3 is 0 Å². The van der Waals surface area contributed by atoms with Crippen molar-refractivity contribution < 1.29 is 0 Å². The minimum absolute atomic E-state index is 0.639. The first-order valence-corrected chi connectivity index (χ1v) is 5.25. The summed E-state index contributed by atoms with van der Waals surface area (Å²) in [6, 6.07) is 0. The number of rotatable bonds is 1. The van der Waals surface area contributed by atoms with Crippen molar-refractivity contribution in [3.63, 3.8) is 0 Å². The van der Waals surface area contributed by atoms with Crippen molar-refractivity contribution in [3.05, 3.63) is 11.6 Å². The fourth-order valence-corrected chi connectivity index (χ4v) is 1.73. The highest BCUT2D eigenvalue weighted by molar-refractivity contribution is 4.98. The van der Waals surface area contributed by atoms with Crippen LogP contribution >= 0.6 is 0 Å². The lowest BCUT2D eigenvalue weighted by molar-refractivity contribution is 0.671. The average molecular weight is 181 g/mol. The van der Waals surface area contributed by atoms with E-state index in [0.29, 0.717) is 5.92 Å². The van der Waals surface area contributed by atoms with Crippen molar-refractivity contribution in [1.29, 1.82) is 0 Å². The number of nitrogens with zero attached hydrogens (tertiary/aromatic N) is 2. The number of hydrogen-bond donors (Lipinski definition) is 1. The molecule has 1 aliphatic rings. The zero-order valence-electron chi connectivity index (χ0n) is 8.80. The summed E-state index contributed by atoms with van der Waals surface area (Å²) < 4.78 is 0. The number of aryl methyl sites for hydroxylation is 1. The number of aromatic nitrogens is 3. The summed E-state index contributed by atoms with van der Waals surface area (Å²) in [5.41, 5.74) is 0. The smallest absolute Gasteiger partial charge is 0.153 e. The Labute approximate surface area is 80.0 Å². The molecule has 1 aromatic heterocycles. The van der Waals surface area contributed by atoms with Crippen LogP contribution < -0.4 is 0 Å². The van der Waals surface area contributed by atoms with Crippen molar-refractivity contribution in [2.45, 2.75) is 52.4 Å². The average Bonchev–Trinajstić information content (AvgIpc) is 2.77. The monoisotopic (exact) mass is 181 g/mol. The van der Waals surface area contributed by atoms with E-state index in [9.17, 15) is 0 Å². The van der Waals surface area contributed by atoms with Gasteiger partial charge in [0.2, 0.25) is 0 Å². The summed E-state index contributed by atoms with van der Waals surface area (Å²) in [6.45, 7) is 5.95. The summed E-state index contributed by atoms with van der Waals surface area (Å²) in [5.74, 6) is 2.60. The van der Waals surface area contributed by atoms with E-state index in [0.717, 1.165) is 11.6 Å². The molecule has 0 aromatic carbocycles. The summed E-state index contributed by atoms with van der Waals surface area (Å²) >= 11 is 0. The summed E-state index contributed by atoms with van der Waals surface area (Å²) in [6.07, 6.45) is 5.24. The third-order valence-corrected chi connectivity index (χ3v) is 2.33. The van der Waals surface area contributed by atoms with Crippen molar-refractivity contribution in [2.75, 3.05) is 0 Å². The Balaban J connectivity index is 0.000000396. The number of aromatic amines is 1. The molecule has 1 N–H and O–H groups in total. The van der Waals surface area contributed by atoms with Crippen LogP contribution in [0.25, 0.3) is 0 Å². The Morgan fingerprint density at radius 3 is 2.31 bits per heavy atom. The van der Waals surface area contributed by atoms with Gasteiger partial charge in [-0.05, 0) is 19.8 Å². The topological polar surface area (TPSA) is 41.6 Å². The lowest BCUT2D eigenvalue weighted by Gasteiger charge is -2.00. The second-order valence-electron chi connectivity index (χ2n) is 3.26. The number of nitrogens with one attached hydrogen (secondary N) is 1. The molecule has 0 spiro atoms. The van der Waals surface area contributed by atoms with Crippen LogP contribution in [-0.4, -0.2) is 15.2 Å². The largest absolute Gasteiger partial charge is 0.263 e. The molecule has 0 saturated heterocycles. The number of hydrogen-bond acceptors (Lipinski definition) is 2. The molecule has 3 nitrogen and oxygen atoms in total. The molecule has 0 radical (unpaired) electrons. The van der Waals surface area contributed by atoms with Crippen LogP contribution in [0.15, 0.2) is 0 Å². The van der Waals surface area contributed by atoms with E-state index in [-0.39, 0.29) is 0 Å². The maximum Gasteiger partial charge on any atom is 0.153 e. The van der Waals surface area contributed by atoms with Crippen LogP contribution in [0.2, 0.25) is 0 Å². The van der Waals surface area contributed by atoms with Crippen LogP contribution in [0.5, 0.6) is 0 Å². The van der Waals surface area contributed by atoms with Gasteiger partial charge in [-0.3, -0.25) is 5.10 Å². The van der Waals surface area contributed by atoms with E-state index in [1.165, 1.54) is 25.7 Å². The van der Waals surface area contributed by atoms with Gasteiger partial charge in [0, 0.05) is 5.92 Å². The third kappa shape index (κ3) is 2.54. The zero-order chi connectivity index (χ0) is 9.68. The van der Waals surface area contributed by atoms with Crippen LogP contribution in [0.1, 0.15) is 57.1 Å². The van der Waals surface area contributed by atoms with Crippen molar-refractivity contribution in [3.8, 4) is 0 Å². The van der Waals surface area contributed by atoms with E-state index in [1.807, 2.05) is 20.8 Å². The Morgan fingerprint density at radius 2 is 1.85 bits per heavy atom. The molecule has 1 aromatic rings. The van der Waals surface area contributed by atoms with E-state index >= 15 is 0 Å². The molecule has 74 valence electrons. The molecule has 1 aliphatic carbocycles. The van der Waals surface area contributed by atoms with Crippen molar-refractivity contribution in [1.82, 2.24) is 15.2 Å². The molecule has 3 heteroatoms. The summed E-state index contributed by atoms with van der Waals surface area (Å²) in [5, 5.41) is 7.05. The van der Waals surface area contributed by atoms with Gasteiger partial charge in [0.25, 0.3) is 0 Å². The lowest BCUT2D eigenvalue weighted by atomic mass is 10.1. The first-order chi connectivity index (χ1) is 6.36. The van der Waals surface area contributed by atoms with Gasteiger partial charge in [-0.2, -0.15) is 5.10 Å². The van der Waals surface area contributed by atoms with E-state index < -0.39 is 0 Å². The first-order valence-electron chi connectivity index (χ1n) is 5.25. The van der Waals surface area contributed by atoms with Crippen LogP contribution in [-0.2, 0) is 0 Å². The summed E-state index contributed by atoms with van der Waals surface area (Å²) in [4.78, 5) is 4.33. The molecule has 13 heavy (non-hydrogen) atoms. The Morgan fingerprint density at radius 1 is 1.23 bits per heavy atom. The van der Waals surface area contributed by atoms with Gasteiger partial charge in [0.05, 0.1) is 0 Å². The standard InChI is InChI=1S/C8H13N3.C2H6/c1-6-9-8(11-10-6)7-4-2-3-5-7;1-2/h7H,2-5H2,1H3,(H,9,10,11);1-2H3. The van der Waals surface area contributed by atoms with Gasteiger partial charge in [-0.15, -0.1) is 0 Å². The van der Waals surface area contributed by atoms with Gasteiger partial charge in [0.1, 0.15) is 5.82 Å². The van der Waals surface area contributed by atoms with Crippen molar-refractivity contribution >= 4 is 0 Å². The van der Waals surface area contributed by atoms with Crippen LogP contribution in [0.3, 0.4) is 0 Å². The Bertz CT molecular complexity index is 236. The predicted molar refractivity (Wildman–Crippen MR) is 53.7 cm³/mol. The molecule has 0 atom stereocenters. The highest BCUT2D eigenvalue weighted by atomic mass is 15.2. The highest BCUT2D eigenvalue weighted by Crippen LogP contribution is 2.31. The molecule has 0 bridgehead atoms. The lowest BCUT2D eigenvalue weighted by Crippen LogP contribution is -1.94. The SMILES string of the molecule is CC.Cc1nc(C2CCCC2)n[nH]1. The molecule has 1 fully saturated rings. The molecular weight excluding hydrogens is 162 g/mol. The van der Waals surface area contributed by atoms with Gasteiger partial charge >= 0.3 is 0 Å². The van der Waals surface area contributed by atoms with E-state index in [4.69, 9.17) is 0 Å². The molecule has 0 unspecified atom stereocenters. The van der Waals surface area contributed by atoms with Gasteiger partial charge in [0.15, 0.2) is 5.82 Å². The second-order valence-corrected chi connectivity index (χ2v) is 3.26. The highest BCUT2D eigenvalue weighted by Gasteiger charge is 2.20. The summed E-state index contributed by atoms with van der Waals surface area (Å²) in [7, 11) is 0. The third-order valence-electron chi connectivity index (χ3n) is 2.33. The molecular formula is C10H19N3. The first kappa shape index (κ1) is 10.2. The minimum Gasteiger partial charge on any atom is -0.263 e. The Hall–Kier alpha value is -0.860. The second kappa shape index (κ2) is 5.00. The predicted octanol–water partition coefficient (Wildman–Crippen LogP) is 2.80. The van der Waals surface area contributed by atoms with E-state index in [1.54, 1.807) is 0 Å². The quantitative estimate of drug-likeness (QED) is 0.723. The molecule has 2 rings (SSSR count). The maximum atomic E-state index is 4.33. The van der Waals surface area contributed by atoms with E-state index in [2.05, 4.69) is 15.2 Å². The van der Waals surface area contributed by atoms with Crippen LogP contribution in [0.4, 0.5) is 0 Å². The number of H-pyrrole nitrogens is 1. The minimum atomic E-state index is 0.639. The molecule has 1 heterocycles. The van der Waals surface area contributed by atoms with Gasteiger partial charge in [-0.1, -0.05) is 26.7 Å². The normalized spacial score (nSPS) is 16.8. The Kier molecular flexibility index (Phi) is 3.93. The maximum absolute atomic E-state index is 4.33. The fourth-order valence-electron chi connectivity index (χ4n) is 1.73. The zero-order valence-corrected chi connectivity index (χ0v) is 8.80. The molecule has 0 aliphatic heterocycles. The molecule has 0 amide bonds. The van der Waals surface area contributed by atoms with Crippen LogP contribution in [0, 0.1) is 6.92 Å².